The zero-order valence-corrected chi connectivity index (χ0v) is 54.5. The van der Waals surface area contributed by atoms with E-state index in [4.69, 9.17) is 29.7 Å². The highest BCUT2D eigenvalue weighted by Crippen LogP contribution is 2.48. The number of rotatable bonds is 29. The first-order valence-corrected chi connectivity index (χ1v) is 32.1. The number of benzene rings is 2. The molecule has 2 aromatic heterocycles. The molecule has 28 heteroatoms. The van der Waals surface area contributed by atoms with Gasteiger partial charge in [0, 0.05) is 67.3 Å². The molecule has 0 bridgehead atoms. The SMILES string of the molecule is CCC(C)(COC(C)(C)CCNC(=O)[C@H]1CC[C@H](CN2C(=O)C=CC2=O)CC1)OCC(=O)NCC(=O)NCC(=O)NC(CN)C(=O)NCC(=O)NCOC(C(=O)N(C)[C@H]1CCc2c(C)c(F)cc3nc4c(c1c23)Cn1c-4cc2c(c1=O)COC(=O)[C@]2(O)CC)c1ccccc1. The molecule has 2 aliphatic carbocycles. The quantitative estimate of drug-likeness (QED) is 0.0192. The number of ether oxygens (including phenoxy) is 4. The second-order valence-electron chi connectivity index (χ2n) is 25.7. The maximum Gasteiger partial charge on any atom is 0.343 e. The average Bonchev–Trinajstić information content (AvgIpc) is 1.62. The van der Waals surface area contributed by atoms with Crippen LogP contribution in [0.1, 0.15) is 137 Å². The Bertz CT molecular complexity index is 3760. The predicted molar refractivity (Wildman–Crippen MR) is 340 cm³/mol. The van der Waals surface area contributed by atoms with E-state index in [1.807, 2.05) is 20.8 Å². The van der Waals surface area contributed by atoms with Gasteiger partial charge in [-0.1, -0.05) is 44.2 Å². The molecule has 0 spiro atoms. The number of esters is 1. The number of nitrogens with one attached hydrogen (secondary N) is 6. The highest BCUT2D eigenvalue weighted by atomic mass is 19.1. The fourth-order valence-corrected chi connectivity index (χ4v) is 12.7. The van der Waals surface area contributed by atoms with Gasteiger partial charge in [0.1, 0.15) is 31.8 Å². The summed E-state index contributed by atoms with van der Waals surface area (Å²) in [6.07, 6.45) is 5.68. The summed E-state index contributed by atoms with van der Waals surface area (Å²) in [5, 5.41) is 27.3. The Morgan fingerprint density at radius 1 is 0.853 bits per heavy atom. The number of cyclic esters (lactones) is 1. The Balaban J connectivity index is 0.701. The van der Waals surface area contributed by atoms with E-state index < -0.39 is 121 Å². The number of aliphatic hydroxyl groups is 1. The molecule has 2 aromatic carbocycles. The minimum atomic E-state index is -2.08. The van der Waals surface area contributed by atoms with Gasteiger partial charge in [0.2, 0.25) is 35.4 Å². The third kappa shape index (κ3) is 15.8. The molecule has 0 radical (unpaired) electrons. The topological polar surface area (TPSA) is 367 Å². The van der Waals surface area contributed by atoms with Crippen molar-refractivity contribution in [2.24, 2.45) is 17.6 Å². The van der Waals surface area contributed by atoms with Crippen LogP contribution < -0.4 is 43.2 Å². The van der Waals surface area contributed by atoms with Crippen molar-refractivity contribution in [1.82, 2.24) is 51.3 Å². The number of likely N-dealkylation sites (N-methyl/N-ethyl adjacent to an activating group) is 1. The number of halogens is 1. The summed E-state index contributed by atoms with van der Waals surface area (Å²) in [6, 6.07) is 9.45. The number of aryl methyl sites for hydroxylation is 1. The van der Waals surface area contributed by atoms with E-state index in [0.717, 1.165) is 12.8 Å². The van der Waals surface area contributed by atoms with Crippen molar-refractivity contribution in [3.05, 3.63) is 110 Å². The molecule has 0 saturated heterocycles. The summed E-state index contributed by atoms with van der Waals surface area (Å²) in [5.74, 6) is -6.21. The Morgan fingerprint density at radius 2 is 1.53 bits per heavy atom. The van der Waals surface area contributed by atoms with E-state index in [0.29, 0.717) is 102 Å². The van der Waals surface area contributed by atoms with Crippen LogP contribution in [0.2, 0.25) is 0 Å². The maximum atomic E-state index is 15.7. The molecule has 510 valence electrons. The lowest BCUT2D eigenvalue weighted by Gasteiger charge is -2.36. The minimum absolute atomic E-state index is 0.0226. The number of pyridine rings is 2. The zero-order chi connectivity index (χ0) is 68.7. The van der Waals surface area contributed by atoms with Crippen LogP contribution in [0.25, 0.3) is 22.3 Å². The molecule has 4 aromatic rings. The molecule has 9 rings (SSSR count). The van der Waals surface area contributed by atoms with Crippen LogP contribution in [0.3, 0.4) is 0 Å². The second-order valence-corrected chi connectivity index (χ2v) is 25.7. The van der Waals surface area contributed by atoms with Gasteiger partial charge in [-0.05, 0) is 120 Å². The van der Waals surface area contributed by atoms with Crippen molar-refractivity contribution in [1.29, 1.82) is 0 Å². The average molecular weight is 1320 g/mol. The van der Waals surface area contributed by atoms with Crippen molar-refractivity contribution in [3.8, 4) is 11.4 Å². The first-order chi connectivity index (χ1) is 45.2. The van der Waals surface area contributed by atoms with E-state index in [-0.39, 0.29) is 73.4 Å². The van der Waals surface area contributed by atoms with Crippen molar-refractivity contribution < 1.29 is 76.4 Å². The van der Waals surface area contributed by atoms with Gasteiger partial charge in [-0.25, -0.2) is 14.2 Å². The molecule has 9 amide bonds. The predicted octanol–water partition coefficient (Wildman–Crippen LogP) is 1.81. The lowest BCUT2D eigenvalue weighted by molar-refractivity contribution is -0.172. The van der Waals surface area contributed by atoms with E-state index >= 15 is 4.39 Å². The van der Waals surface area contributed by atoms with Gasteiger partial charge in [0.25, 0.3) is 23.3 Å². The van der Waals surface area contributed by atoms with Crippen molar-refractivity contribution in [2.75, 3.05) is 66.3 Å². The monoisotopic (exact) mass is 1320 g/mol. The molecule has 5 heterocycles. The van der Waals surface area contributed by atoms with E-state index in [9.17, 15) is 57.8 Å². The molecule has 5 atom stereocenters. The van der Waals surface area contributed by atoms with Crippen LogP contribution in [0.4, 0.5) is 4.39 Å². The molecule has 27 nitrogen and oxygen atoms in total. The number of carbonyl (C=O) groups is 10. The van der Waals surface area contributed by atoms with Crippen LogP contribution in [-0.4, -0.2) is 167 Å². The minimum Gasteiger partial charge on any atom is -0.458 e. The number of imide groups is 1. The van der Waals surface area contributed by atoms with E-state index in [1.165, 1.54) is 32.6 Å². The van der Waals surface area contributed by atoms with Gasteiger partial charge >= 0.3 is 5.97 Å². The molecule has 9 N–H and O–H groups in total. The van der Waals surface area contributed by atoms with Gasteiger partial charge < -0.3 is 71.2 Å². The summed E-state index contributed by atoms with van der Waals surface area (Å²) in [7, 11) is 1.61. The maximum absolute atomic E-state index is 15.7. The first-order valence-electron chi connectivity index (χ1n) is 32.1. The zero-order valence-electron chi connectivity index (χ0n) is 54.5. The number of amides is 9. The smallest absolute Gasteiger partial charge is 0.343 e. The summed E-state index contributed by atoms with van der Waals surface area (Å²) in [4.78, 5) is 151. The third-order valence-corrected chi connectivity index (χ3v) is 18.9. The number of nitrogens with zero attached hydrogens (tertiary/aromatic N) is 4. The first kappa shape index (κ1) is 70.5. The Kier molecular flexibility index (Phi) is 22.1. The van der Waals surface area contributed by atoms with Crippen molar-refractivity contribution in [2.45, 2.75) is 147 Å². The Labute approximate surface area is 548 Å². The largest absolute Gasteiger partial charge is 0.458 e. The Hall–Kier alpha value is -8.83. The molecular formula is C67H84FN11O16. The van der Waals surface area contributed by atoms with Gasteiger partial charge in [0.05, 0.1) is 72.5 Å². The number of hydrogen-bond donors (Lipinski definition) is 8. The highest BCUT2D eigenvalue weighted by molar-refractivity contribution is 6.13. The van der Waals surface area contributed by atoms with Crippen LogP contribution in [0.15, 0.2) is 59.4 Å². The summed E-state index contributed by atoms with van der Waals surface area (Å²) < 4.78 is 40.7. The van der Waals surface area contributed by atoms with Crippen molar-refractivity contribution in [3.63, 3.8) is 0 Å². The lowest BCUT2D eigenvalue weighted by Crippen LogP contribution is -2.54. The number of hydrogen-bond acceptors (Lipinski definition) is 18. The lowest BCUT2D eigenvalue weighted by atomic mass is 9.81. The number of aromatic nitrogens is 2. The summed E-state index contributed by atoms with van der Waals surface area (Å²) in [6.45, 7) is 8.25. The number of nitrogens with two attached hydrogens (primary N) is 1. The molecule has 5 aliphatic rings. The van der Waals surface area contributed by atoms with Crippen LogP contribution in [0.5, 0.6) is 0 Å². The standard InChI is InChI=1S/C67H84FN11O16/c1-8-66(6,35-95-65(4,5)23-24-70-60(86)40-17-15-38(16-18-40)31-79-54(84)21-22-55(79)85)94-34-53(83)72-28-50(80)71-30-52(82)75-47(27-69)61(87)73-29-51(81)74-36-93-59(39-13-11-10-12-14-39)63(89)77(7)48-20-19-41-37(3)45(68)26-46-56(41)57(48)42-32-78-49(58(42)76-46)25-44-43(62(78)88)33-92-64(90)67(44,91)9-2/h10-14,21-22,25-26,38,40,47-48,59,91H,8-9,15-20,23-24,27-36,69H2,1-7H3,(H,70,86)(H,71,80)(H,72,83)(H,73,87)(H,74,81)(H,75,82)/t38-,40-,47?,48-,59?,66?,67-/m0/s1. The number of fused-ring (bicyclic) bond motifs is 5. The fraction of sp³-hybridized carbons (Fsp3) is 0.522. The summed E-state index contributed by atoms with van der Waals surface area (Å²) >= 11 is 0. The third-order valence-electron chi connectivity index (χ3n) is 18.9. The summed E-state index contributed by atoms with van der Waals surface area (Å²) in [5.41, 5.74) is 5.71. The molecule has 3 unspecified atom stereocenters. The van der Waals surface area contributed by atoms with E-state index in [1.54, 1.807) is 64.2 Å². The molecule has 3 aliphatic heterocycles. The number of carbonyl (C=O) groups excluding carboxylic acids is 10. The van der Waals surface area contributed by atoms with Crippen LogP contribution in [0, 0.1) is 24.6 Å². The van der Waals surface area contributed by atoms with Gasteiger partial charge in [0.15, 0.2) is 11.7 Å². The van der Waals surface area contributed by atoms with Gasteiger partial charge in [-0.15, -0.1) is 0 Å². The van der Waals surface area contributed by atoms with Crippen LogP contribution >= 0.6 is 0 Å². The molecule has 1 saturated carbocycles. The van der Waals surface area contributed by atoms with Crippen LogP contribution in [-0.2, 0) is 92.1 Å². The van der Waals surface area contributed by atoms with Gasteiger partial charge in [-0.3, -0.25) is 52.8 Å². The normalized spacial score (nSPS) is 19.9. The molecule has 95 heavy (non-hydrogen) atoms. The van der Waals surface area contributed by atoms with Crippen molar-refractivity contribution >= 4 is 70.0 Å². The highest BCUT2D eigenvalue weighted by Gasteiger charge is 2.47. The fourth-order valence-electron chi connectivity index (χ4n) is 12.7. The Morgan fingerprint density at radius 3 is 2.21 bits per heavy atom. The molecular weight excluding hydrogens is 1230 g/mol. The molecule has 1 fully saturated rings. The van der Waals surface area contributed by atoms with Gasteiger partial charge in [-0.2, -0.15) is 0 Å². The second kappa shape index (κ2) is 29.9. The van der Waals surface area contributed by atoms with E-state index in [2.05, 4.69) is 31.9 Å².